The van der Waals surface area contributed by atoms with Gasteiger partial charge in [0, 0.05) is 43.2 Å². The Morgan fingerprint density at radius 3 is 2.42 bits per heavy atom. The van der Waals surface area contributed by atoms with Gasteiger partial charge in [0.25, 0.3) is 0 Å². The molecule has 2 amide bonds. The van der Waals surface area contributed by atoms with Crippen LogP contribution in [0.4, 0.5) is 10.1 Å². The molecule has 0 heterocycles. The molecule has 0 bridgehead atoms. The fraction of sp³-hybridized carbons (Fsp3) is 0.250. The summed E-state index contributed by atoms with van der Waals surface area (Å²) in [5.74, 6) is -0.997. The second-order valence-electron chi connectivity index (χ2n) is 5.97. The predicted octanol–water partition coefficient (Wildman–Crippen LogP) is 3.41. The van der Waals surface area contributed by atoms with Crippen molar-refractivity contribution in [2.45, 2.75) is 26.8 Å². The van der Waals surface area contributed by atoms with Gasteiger partial charge in [0.15, 0.2) is 5.78 Å². The Morgan fingerprint density at radius 1 is 1.04 bits per heavy atom. The highest BCUT2D eigenvalue weighted by Crippen LogP contribution is 2.13. The van der Waals surface area contributed by atoms with E-state index in [1.54, 1.807) is 42.5 Å². The monoisotopic (exact) mass is 356 g/mol. The van der Waals surface area contributed by atoms with Crippen molar-refractivity contribution < 1.29 is 18.8 Å². The Balaban J connectivity index is 1.95. The lowest BCUT2D eigenvalue weighted by Crippen LogP contribution is -2.31. The summed E-state index contributed by atoms with van der Waals surface area (Å²) in [6.07, 6.45) is 0.0678. The van der Waals surface area contributed by atoms with Gasteiger partial charge in [-0.15, -0.1) is 0 Å². The second-order valence-corrected chi connectivity index (χ2v) is 5.97. The molecule has 0 spiro atoms. The Labute approximate surface area is 151 Å². The van der Waals surface area contributed by atoms with Crippen molar-refractivity contribution in [1.29, 1.82) is 0 Å². The lowest BCUT2D eigenvalue weighted by Gasteiger charge is -2.21. The molecular weight excluding hydrogens is 335 g/mol. The average molecular weight is 356 g/mol. The molecule has 0 aliphatic heterocycles. The molecule has 0 aliphatic rings. The summed E-state index contributed by atoms with van der Waals surface area (Å²) in [5.41, 5.74) is 1.43. The minimum absolute atomic E-state index is 0.0678. The zero-order chi connectivity index (χ0) is 19.1. The normalized spacial score (nSPS) is 10.3. The molecule has 5 nitrogen and oxygen atoms in total. The maximum Gasteiger partial charge on any atom is 0.226 e. The Morgan fingerprint density at radius 2 is 1.77 bits per heavy atom. The molecule has 2 aromatic carbocycles. The third kappa shape index (κ3) is 5.51. The number of amides is 2. The van der Waals surface area contributed by atoms with Crippen LogP contribution >= 0.6 is 0 Å². The lowest BCUT2D eigenvalue weighted by molar-refractivity contribution is -0.130. The smallest absolute Gasteiger partial charge is 0.226 e. The van der Waals surface area contributed by atoms with Crippen molar-refractivity contribution in [1.82, 2.24) is 4.90 Å². The van der Waals surface area contributed by atoms with Gasteiger partial charge in [-0.05, 0) is 25.1 Å². The van der Waals surface area contributed by atoms with Crippen molar-refractivity contribution in [3.63, 3.8) is 0 Å². The number of carbonyl (C=O) groups is 3. The number of hydrogen-bond donors (Lipinski definition) is 1. The first kappa shape index (κ1) is 19.3. The molecule has 2 aromatic rings. The minimum Gasteiger partial charge on any atom is -0.338 e. The van der Waals surface area contributed by atoms with Crippen molar-refractivity contribution in [3.05, 3.63) is 65.5 Å². The third-order valence-corrected chi connectivity index (χ3v) is 3.93. The number of ketones is 1. The van der Waals surface area contributed by atoms with E-state index in [0.29, 0.717) is 16.8 Å². The molecular formula is C20H21FN2O3. The second kappa shape index (κ2) is 8.89. The lowest BCUT2D eigenvalue weighted by atomic mass is 10.1. The molecule has 0 fully saturated rings. The van der Waals surface area contributed by atoms with E-state index in [1.165, 1.54) is 24.8 Å². The SMILES string of the molecule is CC(=O)c1cccc(NC(=O)CCN(Cc2ccccc2F)C(C)=O)c1. The molecule has 0 aromatic heterocycles. The first-order valence-electron chi connectivity index (χ1n) is 8.26. The first-order valence-corrected chi connectivity index (χ1v) is 8.26. The summed E-state index contributed by atoms with van der Waals surface area (Å²) in [7, 11) is 0. The van der Waals surface area contributed by atoms with E-state index in [4.69, 9.17) is 0 Å². The Kier molecular flexibility index (Phi) is 6.60. The molecule has 0 unspecified atom stereocenters. The topological polar surface area (TPSA) is 66.5 Å². The van der Waals surface area contributed by atoms with Gasteiger partial charge in [-0.1, -0.05) is 30.3 Å². The molecule has 0 aliphatic carbocycles. The standard InChI is InChI=1S/C20H21FN2O3/c1-14(24)16-7-5-8-18(12-16)22-20(26)10-11-23(15(2)25)13-17-6-3-4-9-19(17)21/h3-9,12H,10-11,13H2,1-2H3,(H,22,26). The first-order chi connectivity index (χ1) is 12.4. The number of anilines is 1. The molecule has 2 rings (SSSR count). The summed E-state index contributed by atoms with van der Waals surface area (Å²) in [4.78, 5) is 36.7. The average Bonchev–Trinajstić information content (AvgIpc) is 2.60. The number of nitrogens with zero attached hydrogens (tertiary/aromatic N) is 1. The minimum atomic E-state index is -0.385. The molecule has 26 heavy (non-hydrogen) atoms. The molecule has 0 saturated heterocycles. The zero-order valence-corrected chi connectivity index (χ0v) is 14.8. The summed E-state index contributed by atoms with van der Waals surface area (Å²) >= 11 is 0. The zero-order valence-electron chi connectivity index (χ0n) is 14.8. The number of Topliss-reactive ketones (excluding diaryl/α,β-unsaturated/α-hetero) is 1. The van der Waals surface area contributed by atoms with E-state index >= 15 is 0 Å². The highest BCUT2D eigenvalue weighted by atomic mass is 19.1. The predicted molar refractivity (Wildman–Crippen MR) is 97.2 cm³/mol. The number of rotatable bonds is 7. The van der Waals surface area contributed by atoms with Crippen LogP contribution in [-0.2, 0) is 16.1 Å². The molecule has 1 N–H and O–H groups in total. The van der Waals surface area contributed by atoms with E-state index in [1.807, 2.05) is 0 Å². The van der Waals surface area contributed by atoms with E-state index in [9.17, 15) is 18.8 Å². The number of carbonyl (C=O) groups excluding carboxylic acids is 3. The Bertz CT molecular complexity index is 820. The van der Waals surface area contributed by atoms with Crippen molar-refractivity contribution in [2.24, 2.45) is 0 Å². The van der Waals surface area contributed by atoms with Gasteiger partial charge in [0.2, 0.25) is 11.8 Å². The summed E-state index contributed by atoms with van der Waals surface area (Å²) in [6, 6.07) is 12.9. The fourth-order valence-corrected chi connectivity index (χ4v) is 2.46. The number of hydrogen-bond acceptors (Lipinski definition) is 3. The Hall–Kier alpha value is -3.02. The highest BCUT2D eigenvalue weighted by molar-refractivity contribution is 5.97. The van der Waals surface area contributed by atoms with Crippen molar-refractivity contribution >= 4 is 23.3 Å². The summed E-state index contributed by atoms with van der Waals surface area (Å²) < 4.78 is 13.8. The van der Waals surface area contributed by atoms with E-state index < -0.39 is 0 Å². The van der Waals surface area contributed by atoms with Crippen LogP contribution in [0.5, 0.6) is 0 Å². The van der Waals surface area contributed by atoms with Gasteiger partial charge in [-0.2, -0.15) is 0 Å². The van der Waals surface area contributed by atoms with Crippen LogP contribution in [0, 0.1) is 5.82 Å². The quantitative estimate of drug-likeness (QED) is 0.773. The third-order valence-electron chi connectivity index (χ3n) is 3.93. The molecule has 0 saturated carbocycles. The molecule has 0 atom stereocenters. The van der Waals surface area contributed by atoms with Crippen LogP contribution in [-0.4, -0.2) is 29.0 Å². The van der Waals surface area contributed by atoms with Gasteiger partial charge in [-0.25, -0.2) is 4.39 Å². The number of halogens is 1. The highest BCUT2D eigenvalue weighted by Gasteiger charge is 2.14. The summed E-state index contributed by atoms with van der Waals surface area (Å²) in [5, 5.41) is 2.70. The van der Waals surface area contributed by atoms with Crippen LogP contribution in [0.1, 0.15) is 36.2 Å². The molecule has 136 valence electrons. The van der Waals surface area contributed by atoms with E-state index in [0.717, 1.165) is 0 Å². The van der Waals surface area contributed by atoms with Gasteiger partial charge in [0.05, 0.1) is 0 Å². The van der Waals surface area contributed by atoms with Crippen LogP contribution < -0.4 is 5.32 Å². The number of benzene rings is 2. The van der Waals surface area contributed by atoms with Crippen molar-refractivity contribution in [3.8, 4) is 0 Å². The van der Waals surface area contributed by atoms with Gasteiger partial charge in [0.1, 0.15) is 5.82 Å². The fourth-order valence-electron chi connectivity index (χ4n) is 2.46. The largest absolute Gasteiger partial charge is 0.338 e. The molecule has 6 heteroatoms. The van der Waals surface area contributed by atoms with E-state index in [2.05, 4.69) is 5.32 Å². The van der Waals surface area contributed by atoms with Gasteiger partial charge in [-0.3, -0.25) is 14.4 Å². The van der Waals surface area contributed by atoms with Crippen LogP contribution in [0.3, 0.4) is 0 Å². The number of nitrogens with one attached hydrogen (secondary N) is 1. The maximum absolute atomic E-state index is 13.8. The van der Waals surface area contributed by atoms with Crippen LogP contribution in [0.2, 0.25) is 0 Å². The van der Waals surface area contributed by atoms with Gasteiger partial charge >= 0.3 is 0 Å². The maximum atomic E-state index is 13.8. The van der Waals surface area contributed by atoms with Crippen molar-refractivity contribution in [2.75, 3.05) is 11.9 Å². The molecule has 0 radical (unpaired) electrons. The van der Waals surface area contributed by atoms with Crippen LogP contribution in [0.25, 0.3) is 0 Å². The van der Waals surface area contributed by atoms with E-state index in [-0.39, 0.29) is 42.9 Å². The van der Waals surface area contributed by atoms with Gasteiger partial charge < -0.3 is 10.2 Å². The van der Waals surface area contributed by atoms with Crippen LogP contribution in [0.15, 0.2) is 48.5 Å². The summed E-state index contributed by atoms with van der Waals surface area (Å²) in [6.45, 7) is 3.11.